The Balaban J connectivity index is 1.54. The van der Waals surface area contributed by atoms with Crippen molar-refractivity contribution in [3.05, 3.63) is 95.0 Å². The molecule has 1 N–H and O–H groups in total. The van der Waals surface area contributed by atoms with Crippen LogP contribution in [0.3, 0.4) is 0 Å². The number of aromatic nitrogens is 3. The highest BCUT2D eigenvalue weighted by Crippen LogP contribution is 2.29. The van der Waals surface area contributed by atoms with E-state index in [4.69, 9.17) is 4.74 Å². The molecule has 4 aromatic rings. The molecule has 0 spiro atoms. The highest BCUT2D eigenvalue weighted by Gasteiger charge is 2.22. The van der Waals surface area contributed by atoms with Crippen LogP contribution in [0.4, 0.5) is 10.1 Å². The van der Waals surface area contributed by atoms with E-state index < -0.39 is 11.9 Å². The third-order valence-electron chi connectivity index (χ3n) is 4.64. The summed E-state index contributed by atoms with van der Waals surface area (Å²) in [5, 5.41) is 12.0. The molecule has 1 heterocycles. The Morgan fingerprint density at radius 2 is 1.76 bits per heavy atom. The fourth-order valence-corrected chi connectivity index (χ4v) is 4.12. The van der Waals surface area contributed by atoms with E-state index in [2.05, 4.69) is 31.4 Å². The molecule has 1 aromatic heterocycles. The molecule has 0 saturated heterocycles. The Labute approximate surface area is 203 Å². The summed E-state index contributed by atoms with van der Waals surface area (Å²) in [6.07, 6.45) is -0.583. The second kappa shape index (κ2) is 10.6. The molecular formula is C24H20BrFN4O2S. The Bertz CT molecular complexity index is 1230. The van der Waals surface area contributed by atoms with Gasteiger partial charge in [0, 0.05) is 15.8 Å². The van der Waals surface area contributed by atoms with E-state index in [9.17, 15) is 9.18 Å². The van der Waals surface area contributed by atoms with Crippen LogP contribution in [0.2, 0.25) is 0 Å². The van der Waals surface area contributed by atoms with E-state index in [1.165, 1.54) is 17.8 Å². The minimum absolute atomic E-state index is 0.135. The van der Waals surface area contributed by atoms with Crippen molar-refractivity contribution in [1.29, 1.82) is 0 Å². The highest BCUT2D eigenvalue weighted by atomic mass is 79.9. The number of thioether (sulfide) groups is 1. The lowest BCUT2D eigenvalue weighted by atomic mass is 10.3. The lowest BCUT2D eigenvalue weighted by molar-refractivity contribution is -0.113. The molecule has 0 aliphatic carbocycles. The molecule has 0 bridgehead atoms. The molecule has 0 radical (unpaired) electrons. The third kappa shape index (κ3) is 5.80. The van der Waals surface area contributed by atoms with E-state index in [0.717, 1.165) is 10.2 Å². The smallest absolute Gasteiger partial charge is 0.234 e. The van der Waals surface area contributed by atoms with Gasteiger partial charge in [-0.1, -0.05) is 58.0 Å². The van der Waals surface area contributed by atoms with E-state index in [1.54, 1.807) is 25.1 Å². The molecule has 4 rings (SSSR count). The third-order valence-corrected chi connectivity index (χ3v) is 6.09. The SMILES string of the molecule is CC(Oc1ccccc1F)c1nnc(SCC(=O)Nc2ccc(Br)cc2)n1-c1ccccc1. The molecular weight excluding hydrogens is 507 g/mol. The quantitative estimate of drug-likeness (QED) is 0.283. The second-order valence-electron chi connectivity index (χ2n) is 7.05. The Morgan fingerprint density at radius 3 is 2.48 bits per heavy atom. The fraction of sp³-hybridized carbons (Fsp3) is 0.125. The number of nitrogens with zero attached hydrogens (tertiary/aromatic N) is 3. The second-order valence-corrected chi connectivity index (χ2v) is 8.90. The van der Waals surface area contributed by atoms with Crippen molar-refractivity contribution >= 4 is 39.3 Å². The van der Waals surface area contributed by atoms with Crippen LogP contribution in [0.1, 0.15) is 18.9 Å². The van der Waals surface area contributed by atoms with Crippen molar-refractivity contribution in [1.82, 2.24) is 14.8 Å². The first-order chi connectivity index (χ1) is 16.0. The maximum atomic E-state index is 14.1. The Morgan fingerprint density at radius 1 is 1.06 bits per heavy atom. The summed E-state index contributed by atoms with van der Waals surface area (Å²) >= 11 is 4.63. The number of hydrogen-bond donors (Lipinski definition) is 1. The number of hydrogen-bond acceptors (Lipinski definition) is 5. The van der Waals surface area contributed by atoms with Gasteiger partial charge in [-0.25, -0.2) is 4.39 Å². The topological polar surface area (TPSA) is 69.0 Å². The van der Waals surface area contributed by atoms with Gasteiger partial charge in [0.05, 0.1) is 5.75 Å². The molecule has 9 heteroatoms. The van der Waals surface area contributed by atoms with Crippen LogP contribution in [-0.2, 0) is 4.79 Å². The number of nitrogens with one attached hydrogen (secondary N) is 1. The number of carbonyl (C=O) groups is 1. The molecule has 0 aliphatic rings. The molecule has 33 heavy (non-hydrogen) atoms. The summed E-state index contributed by atoms with van der Waals surface area (Å²) in [6.45, 7) is 1.78. The molecule has 0 fully saturated rings. The zero-order valence-electron chi connectivity index (χ0n) is 17.6. The van der Waals surface area contributed by atoms with Gasteiger partial charge in [0.15, 0.2) is 28.7 Å². The summed E-state index contributed by atoms with van der Waals surface area (Å²) in [5.74, 6) is 0.163. The lowest BCUT2D eigenvalue weighted by Gasteiger charge is -2.17. The zero-order chi connectivity index (χ0) is 23.2. The lowest BCUT2D eigenvalue weighted by Crippen LogP contribution is -2.15. The average molecular weight is 527 g/mol. The first-order valence-corrected chi connectivity index (χ1v) is 11.9. The predicted molar refractivity (Wildman–Crippen MR) is 130 cm³/mol. The van der Waals surface area contributed by atoms with Crippen molar-refractivity contribution in [2.75, 3.05) is 11.1 Å². The van der Waals surface area contributed by atoms with Crippen molar-refractivity contribution in [2.45, 2.75) is 18.2 Å². The minimum atomic E-state index is -0.583. The van der Waals surface area contributed by atoms with E-state index >= 15 is 0 Å². The highest BCUT2D eigenvalue weighted by molar-refractivity contribution is 9.10. The number of benzene rings is 3. The van der Waals surface area contributed by atoms with Crippen molar-refractivity contribution in [3.63, 3.8) is 0 Å². The number of anilines is 1. The number of halogens is 2. The van der Waals surface area contributed by atoms with Gasteiger partial charge in [-0.15, -0.1) is 10.2 Å². The minimum Gasteiger partial charge on any atom is -0.480 e. The average Bonchev–Trinajstić information content (AvgIpc) is 3.25. The van der Waals surface area contributed by atoms with E-state index in [-0.39, 0.29) is 17.4 Å². The first kappa shape index (κ1) is 23.0. The summed E-state index contributed by atoms with van der Waals surface area (Å²) in [5.41, 5.74) is 1.53. The molecule has 0 aliphatic heterocycles. The molecule has 1 atom stereocenters. The standard InChI is InChI=1S/C24H20BrFN4O2S/c1-16(32-21-10-6-5-9-20(21)26)23-28-29-24(30(23)19-7-3-2-4-8-19)33-15-22(31)27-18-13-11-17(25)12-14-18/h2-14,16H,15H2,1H3,(H,27,31). The van der Waals surface area contributed by atoms with Crippen LogP contribution < -0.4 is 10.1 Å². The van der Waals surface area contributed by atoms with Gasteiger partial charge in [0.1, 0.15) is 0 Å². The van der Waals surface area contributed by atoms with E-state index in [0.29, 0.717) is 16.7 Å². The number of ether oxygens (including phenoxy) is 1. The number of amides is 1. The number of rotatable bonds is 8. The molecule has 3 aromatic carbocycles. The van der Waals surface area contributed by atoms with Gasteiger partial charge in [-0.05, 0) is 55.5 Å². The fourth-order valence-electron chi connectivity index (χ4n) is 3.10. The normalized spacial score (nSPS) is 11.7. The maximum Gasteiger partial charge on any atom is 0.234 e. The number of carbonyl (C=O) groups excluding carboxylic acids is 1. The summed E-state index contributed by atoms with van der Waals surface area (Å²) < 4.78 is 22.7. The van der Waals surface area contributed by atoms with Gasteiger partial charge in [-0.3, -0.25) is 9.36 Å². The summed E-state index contributed by atoms with van der Waals surface area (Å²) in [4.78, 5) is 12.5. The van der Waals surface area contributed by atoms with Gasteiger partial charge in [0.2, 0.25) is 5.91 Å². The number of para-hydroxylation sites is 2. The zero-order valence-corrected chi connectivity index (χ0v) is 20.0. The van der Waals surface area contributed by atoms with E-state index in [1.807, 2.05) is 59.2 Å². The van der Waals surface area contributed by atoms with Crippen LogP contribution in [0, 0.1) is 5.82 Å². The molecule has 168 valence electrons. The summed E-state index contributed by atoms with van der Waals surface area (Å²) in [6, 6.07) is 23.1. The van der Waals surface area contributed by atoms with Gasteiger partial charge in [0.25, 0.3) is 0 Å². The molecule has 1 unspecified atom stereocenters. The van der Waals surface area contributed by atoms with Crippen molar-refractivity contribution in [2.24, 2.45) is 0 Å². The maximum absolute atomic E-state index is 14.1. The summed E-state index contributed by atoms with van der Waals surface area (Å²) in [7, 11) is 0. The van der Waals surface area contributed by atoms with Crippen LogP contribution in [-0.4, -0.2) is 26.4 Å². The van der Waals surface area contributed by atoms with Crippen molar-refractivity contribution in [3.8, 4) is 11.4 Å². The largest absolute Gasteiger partial charge is 0.480 e. The van der Waals surface area contributed by atoms with Crippen molar-refractivity contribution < 1.29 is 13.9 Å². The van der Waals surface area contributed by atoms with Crippen LogP contribution in [0.15, 0.2) is 88.5 Å². The molecule has 1 amide bonds. The predicted octanol–water partition coefficient (Wildman–Crippen LogP) is 6.04. The first-order valence-electron chi connectivity index (χ1n) is 10.1. The Kier molecular flexibility index (Phi) is 7.41. The van der Waals surface area contributed by atoms with Crippen LogP contribution in [0.5, 0.6) is 5.75 Å². The Hall–Kier alpha value is -3.17. The van der Waals surface area contributed by atoms with Crippen LogP contribution >= 0.6 is 27.7 Å². The van der Waals surface area contributed by atoms with Gasteiger partial charge < -0.3 is 10.1 Å². The molecule has 0 saturated carbocycles. The molecule has 6 nitrogen and oxygen atoms in total. The van der Waals surface area contributed by atoms with Crippen LogP contribution in [0.25, 0.3) is 5.69 Å². The monoisotopic (exact) mass is 526 g/mol. The van der Waals surface area contributed by atoms with Gasteiger partial charge in [-0.2, -0.15) is 0 Å². The van der Waals surface area contributed by atoms with Gasteiger partial charge >= 0.3 is 0 Å².